The maximum absolute atomic E-state index is 10.6. The van der Waals surface area contributed by atoms with Crippen LogP contribution in [0.25, 0.3) is 0 Å². The molecule has 0 spiro atoms. The normalized spacial score (nSPS) is 22.4. The predicted molar refractivity (Wildman–Crippen MR) is 74.4 cm³/mol. The highest BCUT2D eigenvalue weighted by Crippen LogP contribution is 2.31. The second-order valence-electron chi connectivity index (χ2n) is 6.32. The SMILES string of the molecule is CC(CC1CCCCC1)CC(C)C(N)CC(=O)O. The highest BCUT2D eigenvalue weighted by Gasteiger charge is 2.21. The molecule has 3 N–H and O–H groups in total. The van der Waals surface area contributed by atoms with E-state index in [4.69, 9.17) is 10.8 Å². The summed E-state index contributed by atoms with van der Waals surface area (Å²) in [7, 11) is 0. The van der Waals surface area contributed by atoms with Gasteiger partial charge in [0.05, 0.1) is 6.42 Å². The Kier molecular flexibility index (Phi) is 6.69. The molecule has 0 amide bonds. The van der Waals surface area contributed by atoms with Crippen molar-refractivity contribution in [2.24, 2.45) is 23.5 Å². The van der Waals surface area contributed by atoms with Crippen LogP contribution in [0.4, 0.5) is 0 Å². The molecule has 0 bridgehead atoms. The van der Waals surface area contributed by atoms with Crippen LogP contribution in [-0.2, 0) is 4.79 Å². The average molecular weight is 255 g/mol. The van der Waals surface area contributed by atoms with E-state index >= 15 is 0 Å². The first-order chi connectivity index (χ1) is 8.49. The van der Waals surface area contributed by atoms with Gasteiger partial charge >= 0.3 is 5.97 Å². The summed E-state index contributed by atoms with van der Waals surface area (Å²) in [5, 5.41) is 8.75. The van der Waals surface area contributed by atoms with E-state index in [2.05, 4.69) is 13.8 Å². The van der Waals surface area contributed by atoms with E-state index in [0.717, 1.165) is 12.3 Å². The Hall–Kier alpha value is -0.570. The van der Waals surface area contributed by atoms with Gasteiger partial charge in [-0.1, -0.05) is 46.0 Å². The zero-order valence-electron chi connectivity index (χ0n) is 11.9. The van der Waals surface area contributed by atoms with Crippen molar-refractivity contribution in [1.29, 1.82) is 0 Å². The molecule has 3 atom stereocenters. The number of rotatable bonds is 7. The van der Waals surface area contributed by atoms with Crippen LogP contribution in [0.1, 0.15) is 65.2 Å². The molecule has 0 aromatic carbocycles. The fourth-order valence-electron chi connectivity index (χ4n) is 3.30. The molecule has 18 heavy (non-hydrogen) atoms. The van der Waals surface area contributed by atoms with E-state index in [0.29, 0.717) is 11.8 Å². The van der Waals surface area contributed by atoms with Crippen molar-refractivity contribution in [3.63, 3.8) is 0 Å². The third kappa shape index (κ3) is 5.85. The summed E-state index contributed by atoms with van der Waals surface area (Å²) in [5.74, 6) is 1.09. The molecule has 3 unspecified atom stereocenters. The molecule has 0 aliphatic heterocycles. The van der Waals surface area contributed by atoms with Gasteiger partial charge in [0.1, 0.15) is 0 Å². The Morgan fingerprint density at radius 2 is 1.89 bits per heavy atom. The van der Waals surface area contributed by atoms with Crippen molar-refractivity contribution in [1.82, 2.24) is 0 Å². The summed E-state index contributed by atoms with van der Waals surface area (Å²) >= 11 is 0. The van der Waals surface area contributed by atoms with E-state index in [-0.39, 0.29) is 12.5 Å². The Balaban J connectivity index is 2.25. The molecule has 1 aliphatic rings. The van der Waals surface area contributed by atoms with E-state index in [9.17, 15) is 4.79 Å². The van der Waals surface area contributed by atoms with Gasteiger partial charge in [-0.3, -0.25) is 4.79 Å². The van der Waals surface area contributed by atoms with Gasteiger partial charge in [-0.05, 0) is 30.6 Å². The Morgan fingerprint density at radius 3 is 2.44 bits per heavy atom. The summed E-state index contributed by atoms with van der Waals surface area (Å²) < 4.78 is 0. The highest BCUT2D eigenvalue weighted by atomic mass is 16.4. The Bertz CT molecular complexity index is 249. The van der Waals surface area contributed by atoms with Gasteiger partial charge in [0.15, 0.2) is 0 Å². The Labute approximate surface area is 111 Å². The van der Waals surface area contributed by atoms with Crippen LogP contribution in [0.5, 0.6) is 0 Å². The number of hydrogen-bond acceptors (Lipinski definition) is 2. The van der Waals surface area contributed by atoms with Gasteiger partial charge < -0.3 is 10.8 Å². The second-order valence-corrected chi connectivity index (χ2v) is 6.32. The standard InChI is InChI=1S/C15H29NO2/c1-11(9-13-6-4-3-5-7-13)8-12(2)14(16)10-15(17)18/h11-14H,3-10,16H2,1-2H3,(H,17,18). The molecule has 0 radical (unpaired) electrons. The minimum absolute atomic E-state index is 0.0946. The molecule has 1 aliphatic carbocycles. The summed E-state index contributed by atoms with van der Waals surface area (Å²) in [6, 6.07) is -0.198. The fraction of sp³-hybridized carbons (Fsp3) is 0.933. The summed E-state index contributed by atoms with van der Waals surface area (Å²) in [5.41, 5.74) is 5.92. The van der Waals surface area contributed by atoms with Crippen molar-refractivity contribution >= 4 is 5.97 Å². The largest absolute Gasteiger partial charge is 0.481 e. The van der Waals surface area contributed by atoms with Crippen LogP contribution in [-0.4, -0.2) is 17.1 Å². The first kappa shape index (κ1) is 15.5. The first-order valence-corrected chi connectivity index (χ1v) is 7.46. The lowest BCUT2D eigenvalue weighted by molar-refractivity contribution is -0.137. The number of hydrogen-bond donors (Lipinski definition) is 2. The quantitative estimate of drug-likeness (QED) is 0.732. The maximum Gasteiger partial charge on any atom is 0.304 e. The molecular weight excluding hydrogens is 226 g/mol. The van der Waals surface area contributed by atoms with Crippen molar-refractivity contribution in [2.75, 3.05) is 0 Å². The molecule has 0 aromatic rings. The predicted octanol–water partition coefficient (Wildman–Crippen LogP) is 3.42. The number of carboxylic acid groups (broad SMARTS) is 1. The van der Waals surface area contributed by atoms with Gasteiger partial charge in [0, 0.05) is 6.04 Å². The minimum Gasteiger partial charge on any atom is -0.481 e. The lowest BCUT2D eigenvalue weighted by Gasteiger charge is -2.27. The molecule has 1 rings (SSSR count). The summed E-state index contributed by atoms with van der Waals surface area (Å²) in [4.78, 5) is 10.6. The van der Waals surface area contributed by atoms with Crippen LogP contribution in [0.15, 0.2) is 0 Å². The van der Waals surface area contributed by atoms with E-state index in [1.165, 1.54) is 38.5 Å². The van der Waals surface area contributed by atoms with Gasteiger partial charge in [0.25, 0.3) is 0 Å². The number of aliphatic carboxylic acids is 1. The number of carboxylic acids is 1. The van der Waals surface area contributed by atoms with Crippen molar-refractivity contribution in [3.8, 4) is 0 Å². The van der Waals surface area contributed by atoms with Gasteiger partial charge in [-0.2, -0.15) is 0 Å². The minimum atomic E-state index is -0.783. The molecule has 1 fully saturated rings. The first-order valence-electron chi connectivity index (χ1n) is 7.46. The maximum atomic E-state index is 10.6. The summed E-state index contributed by atoms with van der Waals surface area (Å²) in [6.45, 7) is 4.38. The van der Waals surface area contributed by atoms with E-state index < -0.39 is 5.97 Å². The van der Waals surface area contributed by atoms with Crippen LogP contribution in [0, 0.1) is 17.8 Å². The van der Waals surface area contributed by atoms with Crippen LogP contribution < -0.4 is 5.73 Å². The molecule has 3 heteroatoms. The molecule has 1 saturated carbocycles. The van der Waals surface area contributed by atoms with Crippen molar-refractivity contribution in [3.05, 3.63) is 0 Å². The molecule has 0 aromatic heterocycles. The molecule has 0 heterocycles. The third-order valence-corrected chi connectivity index (χ3v) is 4.38. The number of carbonyl (C=O) groups is 1. The lowest BCUT2D eigenvalue weighted by atomic mass is 9.80. The molecule has 3 nitrogen and oxygen atoms in total. The van der Waals surface area contributed by atoms with Gasteiger partial charge in [0.2, 0.25) is 0 Å². The zero-order chi connectivity index (χ0) is 13.5. The second kappa shape index (κ2) is 7.78. The molecule has 0 saturated heterocycles. The lowest BCUT2D eigenvalue weighted by Crippen LogP contribution is -2.32. The average Bonchev–Trinajstić information content (AvgIpc) is 2.29. The molecule has 106 valence electrons. The number of nitrogens with two attached hydrogens (primary N) is 1. The zero-order valence-corrected chi connectivity index (χ0v) is 11.9. The van der Waals surface area contributed by atoms with Crippen LogP contribution in [0.2, 0.25) is 0 Å². The van der Waals surface area contributed by atoms with Crippen LogP contribution in [0.3, 0.4) is 0 Å². The highest BCUT2D eigenvalue weighted by molar-refractivity contribution is 5.67. The smallest absolute Gasteiger partial charge is 0.304 e. The van der Waals surface area contributed by atoms with E-state index in [1.54, 1.807) is 0 Å². The third-order valence-electron chi connectivity index (χ3n) is 4.38. The van der Waals surface area contributed by atoms with Crippen LogP contribution >= 0.6 is 0 Å². The van der Waals surface area contributed by atoms with Gasteiger partial charge in [-0.15, -0.1) is 0 Å². The van der Waals surface area contributed by atoms with Gasteiger partial charge in [-0.25, -0.2) is 0 Å². The Morgan fingerprint density at radius 1 is 1.28 bits per heavy atom. The fourth-order valence-corrected chi connectivity index (χ4v) is 3.30. The van der Waals surface area contributed by atoms with Crippen molar-refractivity contribution < 1.29 is 9.90 Å². The van der Waals surface area contributed by atoms with Crippen molar-refractivity contribution in [2.45, 2.75) is 71.3 Å². The summed E-state index contributed by atoms with van der Waals surface area (Å²) in [6.07, 6.45) is 9.42. The molecular formula is C15H29NO2. The monoisotopic (exact) mass is 255 g/mol. The van der Waals surface area contributed by atoms with E-state index in [1.807, 2.05) is 0 Å². The topological polar surface area (TPSA) is 63.3 Å².